The van der Waals surface area contributed by atoms with Crippen molar-refractivity contribution in [1.82, 2.24) is 9.78 Å². The van der Waals surface area contributed by atoms with Gasteiger partial charge in [0.2, 0.25) is 0 Å². The number of ketones is 1. The normalized spacial score (nSPS) is 10.9. The third-order valence-corrected chi connectivity index (χ3v) is 4.56. The fourth-order valence-electron chi connectivity index (χ4n) is 3.20. The number of aryl methyl sites for hydroxylation is 1. The van der Waals surface area contributed by atoms with E-state index in [4.69, 9.17) is 0 Å². The van der Waals surface area contributed by atoms with Gasteiger partial charge in [0.15, 0.2) is 0 Å². The number of Topliss-reactive ketones (excluding diaryl/α,β-unsaturated/α-hetero) is 1. The quantitative estimate of drug-likeness (QED) is 0.540. The molecule has 0 atom stereocenters. The highest BCUT2D eigenvalue weighted by molar-refractivity contribution is 6.47. The number of benzene rings is 2. The lowest BCUT2D eigenvalue weighted by atomic mass is 10.0. The summed E-state index contributed by atoms with van der Waals surface area (Å²) in [5.74, 6) is -0.992. The number of carbonyl (C=O) groups is 2. The molecular formula is C22H23N3O2. The molecule has 0 bridgehead atoms. The highest BCUT2D eigenvalue weighted by Crippen LogP contribution is 2.24. The Morgan fingerprint density at radius 1 is 0.963 bits per heavy atom. The van der Waals surface area contributed by atoms with E-state index < -0.39 is 11.7 Å². The molecule has 0 unspecified atom stereocenters. The molecule has 0 spiro atoms. The Kier molecular flexibility index (Phi) is 5.21. The van der Waals surface area contributed by atoms with Crippen molar-refractivity contribution in [2.75, 3.05) is 5.32 Å². The minimum atomic E-state index is -0.651. The Labute approximate surface area is 159 Å². The molecule has 3 aromatic rings. The van der Waals surface area contributed by atoms with Gasteiger partial charge in [-0.1, -0.05) is 50.2 Å². The number of aromatic nitrogens is 2. The number of nitrogens with one attached hydrogen (secondary N) is 1. The molecule has 5 heteroatoms. The molecular weight excluding hydrogens is 338 g/mol. The molecule has 3 rings (SSSR count). The molecule has 1 N–H and O–H groups in total. The lowest BCUT2D eigenvalue weighted by Crippen LogP contribution is -2.24. The van der Waals surface area contributed by atoms with E-state index in [1.54, 1.807) is 18.5 Å². The van der Waals surface area contributed by atoms with Crippen LogP contribution < -0.4 is 5.32 Å². The lowest BCUT2D eigenvalue weighted by molar-refractivity contribution is -0.112. The van der Waals surface area contributed by atoms with Crippen molar-refractivity contribution < 1.29 is 9.59 Å². The Hall–Kier alpha value is -3.21. The average molecular weight is 361 g/mol. The molecule has 138 valence electrons. The van der Waals surface area contributed by atoms with Crippen LogP contribution in [0.4, 0.5) is 5.69 Å². The second-order valence-electron chi connectivity index (χ2n) is 6.82. The zero-order chi connectivity index (χ0) is 19.6. The van der Waals surface area contributed by atoms with Gasteiger partial charge in [0, 0.05) is 5.69 Å². The van der Waals surface area contributed by atoms with E-state index in [2.05, 4.69) is 10.4 Å². The minimum absolute atomic E-state index is 0.237. The van der Waals surface area contributed by atoms with Gasteiger partial charge in [0.25, 0.3) is 11.7 Å². The van der Waals surface area contributed by atoms with Crippen LogP contribution in [0.2, 0.25) is 0 Å². The summed E-state index contributed by atoms with van der Waals surface area (Å²) in [5, 5.41) is 7.22. The third-order valence-electron chi connectivity index (χ3n) is 4.56. The van der Waals surface area contributed by atoms with Crippen LogP contribution in [0.1, 0.15) is 47.1 Å². The summed E-state index contributed by atoms with van der Waals surface area (Å²) < 4.78 is 1.69. The molecule has 27 heavy (non-hydrogen) atoms. The first-order chi connectivity index (χ1) is 12.9. The molecule has 5 nitrogen and oxygen atoms in total. The van der Waals surface area contributed by atoms with Gasteiger partial charge in [-0.2, -0.15) is 5.10 Å². The first-order valence-corrected chi connectivity index (χ1v) is 8.96. The van der Waals surface area contributed by atoms with Crippen LogP contribution >= 0.6 is 0 Å². The topological polar surface area (TPSA) is 64.0 Å². The Morgan fingerprint density at radius 3 is 2.26 bits per heavy atom. The molecule has 1 amide bonds. The Morgan fingerprint density at radius 2 is 1.59 bits per heavy atom. The predicted octanol–water partition coefficient (Wildman–Crippen LogP) is 4.43. The number of hydrogen-bond acceptors (Lipinski definition) is 3. The van der Waals surface area contributed by atoms with E-state index in [9.17, 15) is 9.59 Å². The molecule has 0 aliphatic rings. The predicted molar refractivity (Wildman–Crippen MR) is 107 cm³/mol. The maximum atomic E-state index is 12.9. The van der Waals surface area contributed by atoms with Gasteiger partial charge in [-0.15, -0.1) is 0 Å². The maximum absolute atomic E-state index is 12.9. The standard InChI is InChI=1S/C22H23N3O2/c1-14(2)18-12-8-9-13-19(18)23-22(27)21(26)20-15(3)24-25(16(20)4)17-10-6-5-7-11-17/h5-14H,1-4H3,(H,23,27). The van der Waals surface area contributed by atoms with Crippen molar-refractivity contribution in [3.63, 3.8) is 0 Å². The number of amides is 1. The molecule has 0 radical (unpaired) electrons. The van der Waals surface area contributed by atoms with Crippen LogP contribution in [0.15, 0.2) is 54.6 Å². The van der Waals surface area contributed by atoms with Gasteiger partial charge < -0.3 is 5.32 Å². The summed E-state index contributed by atoms with van der Waals surface area (Å²) in [7, 11) is 0. The lowest BCUT2D eigenvalue weighted by Gasteiger charge is -2.13. The van der Waals surface area contributed by atoms with Crippen LogP contribution in [0.25, 0.3) is 5.69 Å². The first kappa shape index (κ1) is 18.6. The SMILES string of the molecule is Cc1nn(-c2ccccc2)c(C)c1C(=O)C(=O)Nc1ccccc1C(C)C. The van der Waals surface area contributed by atoms with E-state index in [1.165, 1.54) is 0 Å². The summed E-state index contributed by atoms with van der Waals surface area (Å²) in [4.78, 5) is 25.5. The maximum Gasteiger partial charge on any atom is 0.296 e. The van der Waals surface area contributed by atoms with E-state index in [-0.39, 0.29) is 5.92 Å². The zero-order valence-electron chi connectivity index (χ0n) is 16.0. The van der Waals surface area contributed by atoms with Crippen LogP contribution in [-0.2, 0) is 4.79 Å². The highest BCUT2D eigenvalue weighted by Gasteiger charge is 2.25. The van der Waals surface area contributed by atoms with Gasteiger partial charge >= 0.3 is 0 Å². The first-order valence-electron chi connectivity index (χ1n) is 8.96. The molecule has 2 aromatic carbocycles. The number of rotatable bonds is 5. The van der Waals surface area contributed by atoms with Gasteiger partial charge in [-0.25, -0.2) is 4.68 Å². The number of carbonyl (C=O) groups excluding carboxylic acids is 2. The molecule has 0 saturated heterocycles. The van der Waals surface area contributed by atoms with Gasteiger partial charge in [0.1, 0.15) is 0 Å². The Bertz CT molecular complexity index is 988. The van der Waals surface area contributed by atoms with Crippen molar-refractivity contribution >= 4 is 17.4 Å². The summed E-state index contributed by atoms with van der Waals surface area (Å²) in [6.07, 6.45) is 0. The summed E-state index contributed by atoms with van der Waals surface area (Å²) in [5.41, 5.74) is 4.04. The molecule has 0 aliphatic carbocycles. The average Bonchev–Trinajstić information content (AvgIpc) is 2.96. The van der Waals surface area contributed by atoms with Gasteiger partial charge in [-0.05, 0) is 43.5 Å². The van der Waals surface area contributed by atoms with Crippen molar-refractivity contribution in [2.24, 2.45) is 0 Å². The second kappa shape index (κ2) is 7.58. The molecule has 1 aromatic heterocycles. The van der Waals surface area contributed by atoms with Gasteiger partial charge in [-0.3, -0.25) is 9.59 Å². The zero-order valence-corrected chi connectivity index (χ0v) is 16.0. The van der Waals surface area contributed by atoms with E-state index >= 15 is 0 Å². The van der Waals surface area contributed by atoms with Crippen molar-refractivity contribution in [1.29, 1.82) is 0 Å². The van der Waals surface area contributed by atoms with Crippen LogP contribution in [0.3, 0.4) is 0 Å². The Balaban J connectivity index is 1.91. The molecule has 1 heterocycles. The van der Waals surface area contributed by atoms with Crippen molar-refractivity contribution in [3.05, 3.63) is 77.1 Å². The number of anilines is 1. The monoisotopic (exact) mass is 361 g/mol. The largest absolute Gasteiger partial charge is 0.319 e. The van der Waals surface area contributed by atoms with E-state index in [1.807, 2.05) is 68.4 Å². The van der Waals surface area contributed by atoms with Crippen LogP contribution in [0.5, 0.6) is 0 Å². The summed E-state index contributed by atoms with van der Waals surface area (Å²) in [6, 6.07) is 17.1. The molecule has 0 aliphatic heterocycles. The van der Waals surface area contributed by atoms with Crippen LogP contribution in [0, 0.1) is 13.8 Å². The molecule has 0 saturated carbocycles. The number of para-hydroxylation sites is 2. The van der Waals surface area contributed by atoms with Gasteiger partial charge in [0.05, 0.1) is 22.6 Å². The fourth-order valence-corrected chi connectivity index (χ4v) is 3.20. The van der Waals surface area contributed by atoms with Crippen LogP contribution in [-0.4, -0.2) is 21.5 Å². The minimum Gasteiger partial charge on any atom is -0.319 e. The second-order valence-corrected chi connectivity index (χ2v) is 6.82. The summed E-state index contributed by atoms with van der Waals surface area (Å²) in [6.45, 7) is 7.64. The smallest absolute Gasteiger partial charge is 0.296 e. The van der Waals surface area contributed by atoms with E-state index in [0.29, 0.717) is 22.6 Å². The van der Waals surface area contributed by atoms with Crippen molar-refractivity contribution in [3.8, 4) is 5.69 Å². The number of hydrogen-bond donors (Lipinski definition) is 1. The molecule has 0 fully saturated rings. The highest BCUT2D eigenvalue weighted by atomic mass is 16.2. The summed E-state index contributed by atoms with van der Waals surface area (Å²) >= 11 is 0. The van der Waals surface area contributed by atoms with Crippen molar-refractivity contribution in [2.45, 2.75) is 33.6 Å². The third kappa shape index (κ3) is 3.67. The van der Waals surface area contributed by atoms with E-state index in [0.717, 1.165) is 11.3 Å². The number of nitrogens with zero attached hydrogens (tertiary/aromatic N) is 2. The fraction of sp³-hybridized carbons (Fsp3) is 0.227.